The lowest BCUT2D eigenvalue weighted by atomic mass is 10.3. The maximum atomic E-state index is 5.29. The lowest BCUT2D eigenvalue weighted by Gasteiger charge is -2.10. The second kappa shape index (κ2) is 7.99. The van der Waals surface area contributed by atoms with E-state index in [-0.39, 0.29) is 10.9 Å². The first kappa shape index (κ1) is 17.2. The Morgan fingerprint density at radius 1 is 0.440 bits per heavy atom. The summed E-state index contributed by atoms with van der Waals surface area (Å²) in [5.74, 6) is 2.57. The fourth-order valence-electron chi connectivity index (χ4n) is 2.54. The summed E-state index contributed by atoms with van der Waals surface area (Å²) in [5.41, 5.74) is 0. The second-order valence-corrected chi connectivity index (χ2v) is 7.36. The van der Waals surface area contributed by atoms with Crippen LogP contribution in [0.25, 0.3) is 0 Å². The van der Waals surface area contributed by atoms with Gasteiger partial charge in [0.2, 0.25) is 0 Å². The number of benzene rings is 3. The quantitative estimate of drug-likeness (QED) is 0.595. The van der Waals surface area contributed by atoms with Gasteiger partial charge in [0, 0.05) is 0 Å². The fourth-order valence-corrected chi connectivity index (χ4v) is 4.58. The molecular formula is C21H21O3S+. The highest BCUT2D eigenvalue weighted by molar-refractivity contribution is 7.97. The van der Waals surface area contributed by atoms with E-state index >= 15 is 0 Å². The summed E-state index contributed by atoms with van der Waals surface area (Å²) >= 11 is 0. The maximum Gasteiger partial charge on any atom is 0.166 e. The van der Waals surface area contributed by atoms with E-state index < -0.39 is 0 Å². The lowest BCUT2D eigenvalue weighted by Crippen LogP contribution is -2.05. The van der Waals surface area contributed by atoms with Crippen molar-refractivity contribution >= 4 is 10.9 Å². The van der Waals surface area contributed by atoms with Crippen LogP contribution in [0.3, 0.4) is 0 Å². The van der Waals surface area contributed by atoms with Gasteiger partial charge in [0.05, 0.1) is 32.2 Å². The summed E-state index contributed by atoms with van der Waals surface area (Å²) in [7, 11) is 4.83. The van der Waals surface area contributed by atoms with Gasteiger partial charge in [-0.2, -0.15) is 0 Å². The van der Waals surface area contributed by atoms with Crippen molar-refractivity contribution in [3.8, 4) is 17.2 Å². The Kier molecular flexibility index (Phi) is 5.51. The highest BCUT2D eigenvalue weighted by Crippen LogP contribution is 2.33. The highest BCUT2D eigenvalue weighted by atomic mass is 32.2. The van der Waals surface area contributed by atoms with Crippen molar-refractivity contribution in [3.63, 3.8) is 0 Å². The smallest absolute Gasteiger partial charge is 0.166 e. The number of hydrogen-bond acceptors (Lipinski definition) is 3. The van der Waals surface area contributed by atoms with Crippen LogP contribution in [0, 0.1) is 0 Å². The standard InChI is InChI=1S/C21H21O3S/c1-22-16-4-10-19(11-5-16)25(20-12-6-17(23-2)7-13-20)21-14-8-18(24-3)9-15-21/h4-15H,1-3H3/q+1. The van der Waals surface area contributed by atoms with E-state index in [0.717, 1.165) is 17.2 Å². The van der Waals surface area contributed by atoms with Crippen molar-refractivity contribution in [2.45, 2.75) is 14.7 Å². The van der Waals surface area contributed by atoms with E-state index in [0.29, 0.717) is 0 Å². The zero-order valence-corrected chi connectivity index (χ0v) is 15.4. The average Bonchev–Trinajstić information content (AvgIpc) is 2.70. The molecule has 0 spiro atoms. The van der Waals surface area contributed by atoms with Gasteiger partial charge in [-0.05, 0) is 72.8 Å². The van der Waals surface area contributed by atoms with Gasteiger partial charge in [-0.1, -0.05) is 0 Å². The Morgan fingerprint density at radius 2 is 0.680 bits per heavy atom. The van der Waals surface area contributed by atoms with Crippen LogP contribution < -0.4 is 14.2 Å². The molecule has 4 heteroatoms. The molecule has 3 rings (SSSR count). The second-order valence-electron chi connectivity index (χ2n) is 5.33. The minimum absolute atomic E-state index is 0.212. The summed E-state index contributed by atoms with van der Waals surface area (Å²) in [4.78, 5) is 3.70. The van der Waals surface area contributed by atoms with Crippen LogP contribution in [0.2, 0.25) is 0 Å². The molecule has 0 atom stereocenters. The zero-order valence-electron chi connectivity index (χ0n) is 14.6. The maximum absolute atomic E-state index is 5.29. The third-order valence-electron chi connectivity index (χ3n) is 3.89. The van der Waals surface area contributed by atoms with Crippen LogP contribution in [-0.2, 0) is 10.9 Å². The van der Waals surface area contributed by atoms with E-state index in [2.05, 4.69) is 36.4 Å². The zero-order chi connectivity index (χ0) is 17.6. The van der Waals surface area contributed by atoms with E-state index in [1.807, 2.05) is 36.4 Å². The molecule has 3 nitrogen and oxygen atoms in total. The van der Waals surface area contributed by atoms with Crippen molar-refractivity contribution in [1.29, 1.82) is 0 Å². The largest absolute Gasteiger partial charge is 0.497 e. The Labute approximate surface area is 151 Å². The minimum atomic E-state index is -0.212. The summed E-state index contributed by atoms with van der Waals surface area (Å²) < 4.78 is 15.9. The molecule has 3 aromatic carbocycles. The van der Waals surface area contributed by atoms with Crippen LogP contribution >= 0.6 is 0 Å². The van der Waals surface area contributed by atoms with Crippen LogP contribution in [0.5, 0.6) is 17.2 Å². The molecule has 0 aliphatic carbocycles. The molecule has 0 bridgehead atoms. The topological polar surface area (TPSA) is 27.7 Å². The minimum Gasteiger partial charge on any atom is -0.497 e. The predicted molar refractivity (Wildman–Crippen MR) is 101 cm³/mol. The SMILES string of the molecule is COc1ccc([S+](c2ccc(OC)cc2)c2ccc(OC)cc2)cc1. The van der Waals surface area contributed by atoms with Gasteiger partial charge in [0.25, 0.3) is 0 Å². The predicted octanol–water partition coefficient (Wildman–Crippen LogP) is 4.81. The van der Waals surface area contributed by atoms with Crippen molar-refractivity contribution in [2.24, 2.45) is 0 Å². The molecule has 0 aliphatic rings. The Bertz CT molecular complexity index is 683. The third-order valence-corrected chi connectivity index (χ3v) is 6.12. The van der Waals surface area contributed by atoms with E-state index in [1.165, 1.54) is 14.7 Å². The van der Waals surface area contributed by atoms with Gasteiger partial charge in [-0.3, -0.25) is 0 Å². The van der Waals surface area contributed by atoms with Gasteiger partial charge < -0.3 is 14.2 Å². The van der Waals surface area contributed by atoms with Gasteiger partial charge in [0.1, 0.15) is 17.2 Å². The van der Waals surface area contributed by atoms with Crippen molar-refractivity contribution < 1.29 is 14.2 Å². The molecule has 25 heavy (non-hydrogen) atoms. The summed E-state index contributed by atoms with van der Waals surface area (Å²) in [6, 6.07) is 24.7. The number of ether oxygens (including phenoxy) is 3. The molecule has 0 aromatic heterocycles. The summed E-state index contributed by atoms with van der Waals surface area (Å²) in [6.07, 6.45) is 0. The highest BCUT2D eigenvalue weighted by Gasteiger charge is 2.28. The Balaban J connectivity index is 2.04. The molecule has 0 saturated carbocycles. The summed E-state index contributed by atoms with van der Waals surface area (Å²) in [6.45, 7) is 0. The molecule has 0 amide bonds. The molecule has 0 saturated heterocycles. The number of hydrogen-bond donors (Lipinski definition) is 0. The summed E-state index contributed by atoms with van der Waals surface area (Å²) in [5, 5.41) is 0. The van der Waals surface area contributed by atoms with E-state index in [1.54, 1.807) is 21.3 Å². The average molecular weight is 353 g/mol. The van der Waals surface area contributed by atoms with E-state index in [9.17, 15) is 0 Å². The van der Waals surface area contributed by atoms with Crippen LogP contribution in [-0.4, -0.2) is 21.3 Å². The first-order valence-corrected chi connectivity index (χ1v) is 9.14. The molecule has 0 N–H and O–H groups in total. The molecule has 0 radical (unpaired) electrons. The molecule has 0 heterocycles. The van der Waals surface area contributed by atoms with Crippen molar-refractivity contribution in [3.05, 3.63) is 72.8 Å². The molecule has 128 valence electrons. The number of methoxy groups -OCH3 is 3. The monoisotopic (exact) mass is 353 g/mol. The lowest BCUT2D eigenvalue weighted by molar-refractivity contribution is 0.414. The molecule has 0 aliphatic heterocycles. The Hall–Kier alpha value is -2.59. The van der Waals surface area contributed by atoms with Gasteiger partial charge in [0.15, 0.2) is 14.7 Å². The van der Waals surface area contributed by atoms with Crippen LogP contribution in [0.4, 0.5) is 0 Å². The van der Waals surface area contributed by atoms with Crippen molar-refractivity contribution in [1.82, 2.24) is 0 Å². The van der Waals surface area contributed by atoms with Gasteiger partial charge >= 0.3 is 0 Å². The van der Waals surface area contributed by atoms with Gasteiger partial charge in [-0.25, -0.2) is 0 Å². The van der Waals surface area contributed by atoms with E-state index in [4.69, 9.17) is 14.2 Å². The third kappa shape index (κ3) is 3.91. The van der Waals surface area contributed by atoms with Crippen LogP contribution in [0.15, 0.2) is 87.5 Å². The fraction of sp³-hybridized carbons (Fsp3) is 0.143. The van der Waals surface area contributed by atoms with Crippen molar-refractivity contribution in [2.75, 3.05) is 21.3 Å². The normalized spacial score (nSPS) is 10.6. The first-order chi connectivity index (χ1) is 12.2. The van der Waals surface area contributed by atoms with Crippen LogP contribution in [0.1, 0.15) is 0 Å². The first-order valence-electron chi connectivity index (χ1n) is 7.91. The molecule has 0 fully saturated rings. The number of rotatable bonds is 6. The Morgan fingerprint density at radius 3 is 0.880 bits per heavy atom. The molecule has 3 aromatic rings. The molecular weight excluding hydrogens is 332 g/mol. The van der Waals surface area contributed by atoms with Gasteiger partial charge in [-0.15, -0.1) is 0 Å². The molecule has 0 unspecified atom stereocenters.